The van der Waals surface area contributed by atoms with E-state index < -0.39 is 5.97 Å². The first kappa shape index (κ1) is 18.7. The van der Waals surface area contributed by atoms with Gasteiger partial charge in [-0.1, -0.05) is 23.2 Å². The molecule has 0 saturated carbocycles. The fourth-order valence-electron chi connectivity index (χ4n) is 2.81. The van der Waals surface area contributed by atoms with Gasteiger partial charge in [0, 0.05) is 29.3 Å². The Labute approximate surface area is 160 Å². The smallest absolute Gasteiger partial charge is 0.356 e. The second-order valence-electron chi connectivity index (χ2n) is 6.01. The van der Waals surface area contributed by atoms with Crippen LogP contribution in [-0.4, -0.2) is 51.0 Å². The normalized spacial score (nSPS) is 15.2. The molecule has 0 bridgehead atoms. The van der Waals surface area contributed by atoms with E-state index in [2.05, 4.69) is 5.10 Å². The fourth-order valence-corrected chi connectivity index (χ4v) is 3.38. The van der Waals surface area contributed by atoms with Crippen LogP contribution in [-0.2, 0) is 11.3 Å². The van der Waals surface area contributed by atoms with Gasteiger partial charge in [-0.2, -0.15) is 9.78 Å². The van der Waals surface area contributed by atoms with Gasteiger partial charge < -0.3 is 14.7 Å². The number of ether oxygens (including phenoxy) is 1. The highest BCUT2D eigenvalue weighted by Gasteiger charge is 2.25. The number of benzene rings is 1. The summed E-state index contributed by atoms with van der Waals surface area (Å²) in [7, 11) is 0. The zero-order chi connectivity index (χ0) is 18.7. The number of likely N-dealkylation sites (tertiary alicyclic amines) is 1. The van der Waals surface area contributed by atoms with Gasteiger partial charge in [-0.25, -0.2) is 9.59 Å². The van der Waals surface area contributed by atoms with Gasteiger partial charge in [0.05, 0.1) is 12.7 Å². The molecule has 1 aliphatic rings. The summed E-state index contributed by atoms with van der Waals surface area (Å²) in [5.41, 5.74) is 0.746. The van der Waals surface area contributed by atoms with Crippen molar-refractivity contribution in [1.82, 2.24) is 14.7 Å². The molecule has 0 unspecified atom stereocenters. The van der Waals surface area contributed by atoms with Gasteiger partial charge in [-0.15, -0.1) is 0 Å². The predicted octanol–water partition coefficient (Wildman–Crippen LogP) is 3.54. The molecular formula is C17H17Cl2N3O4. The molecule has 1 saturated heterocycles. The third kappa shape index (κ3) is 4.55. The van der Waals surface area contributed by atoms with Crippen LogP contribution >= 0.6 is 23.2 Å². The number of rotatable bonds is 4. The molecule has 0 aliphatic carbocycles. The van der Waals surface area contributed by atoms with E-state index in [9.17, 15) is 9.59 Å². The van der Waals surface area contributed by atoms with Gasteiger partial charge >= 0.3 is 12.0 Å². The van der Waals surface area contributed by atoms with Crippen LogP contribution in [0.3, 0.4) is 0 Å². The Morgan fingerprint density at radius 2 is 1.85 bits per heavy atom. The van der Waals surface area contributed by atoms with E-state index in [1.165, 1.54) is 12.3 Å². The summed E-state index contributed by atoms with van der Waals surface area (Å²) < 4.78 is 6.95. The Bertz CT molecular complexity index is 796. The van der Waals surface area contributed by atoms with Crippen molar-refractivity contribution in [3.05, 3.63) is 51.8 Å². The number of aromatic nitrogens is 2. The molecule has 1 aromatic heterocycles. The van der Waals surface area contributed by atoms with E-state index in [0.717, 1.165) is 10.2 Å². The first-order chi connectivity index (χ1) is 12.4. The van der Waals surface area contributed by atoms with Gasteiger partial charge in [0.1, 0.15) is 0 Å². The lowest BCUT2D eigenvalue weighted by molar-refractivity contribution is 0.00436. The average Bonchev–Trinajstić information content (AvgIpc) is 3.09. The third-order valence-electron chi connectivity index (χ3n) is 4.12. The number of carboxylic acid groups (broad SMARTS) is 1. The van der Waals surface area contributed by atoms with Gasteiger partial charge in [0.2, 0.25) is 0 Å². The Morgan fingerprint density at radius 1 is 1.19 bits per heavy atom. The molecule has 26 heavy (non-hydrogen) atoms. The second kappa shape index (κ2) is 8.07. The molecule has 0 radical (unpaired) electrons. The zero-order valence-corrected chi connectivity index (χ0v) is 15.3. The van der Waals surface area contributed by atoms with E-state index in [-0.39, 0.29) is 17.8 Å². The van der Waals surface area contributed by atoms with Crippen LogP contribution in [0, 0.1) is 0 Å². The number of carboxylic acids is 1. The number of aromatic carboxylic acids is 1. The Morgan fingerprint density at radius 3 is 2.42 bits per heavy atom. The van der Waals surface area contributed by atoms with E-state index in [4.69, 9.17) is 33.0 Å². The molecule has 1 aromatic carbocycles. The maximum absolute atomic E-state index is 12.4. The van der Waals surface area contributed by atoms with Crippen LogP contribution < -0.4 is 0 Å². The molecule has 3 rings (SSSR count). The summed E-state index contributed by atoms with van der Waals surface area (Å²) in [5.74, 6) is -1.16. The molecule has 1 aliphatic heterocycles. The van der Waals surface area contributed by atoms with Gasteiger partial charge in [0.25, 0.3) is 0 Å². The molecule has 0 spiro atoms. The maximum Gasteiger partial charge on any atom is 0.356 e. The minimum absolute atomic E-state index is 0.0315. The molecule has 1 fully saturated rings. The first-order valence-electron chi connectivity index (χ1n) is 8.07. The highest BCUT2D eigenvalue weighted by Crippen LogP contribution is 2.21. The van der Waals surface area contributed by atoms with Crippen molar-refractivity contribution in [1.29, 1.82) is 0 Å². The molecule has 1 amide bonds. The molecule has 1 N–H and O–H groups in total. The number of halogens is 2. The first-order valence-corrected chi connectivity index (χ1v) is 8.83. The van der Waals surface area contributed by atoms with Crippen molar-refractivity contribution in [3.8, 4) is 0 Å². The van der Waals surface area contributed by atoms with Gasteiger partial charge in [-0.05, 0) is 42.7 Å². The van der Waals surface area contributed by atoms with Crippen molar-refractivity contribution in [2.45, 2.75) is 25.6 Å². The summed E-state index contributed by atoms with van der Waals surface area (Å²) >= 11 is 12.0. The lowest BCUT2D eigenvalue weighted by atomic mass is 10.1. The largest absolute Gasteiger partial charge is 0.476 e. The highest BCUT2D eigenvalue weighted by atomic mass is 35.5. The molecule has 2 aromatic rings. The fraction of sp³-hybridized carbons (Fsp3) is 0.353. The number of amides is 1. The van der Waals surface area contributed by atoms with Crippen LogP contribution in [0.15, 0.2) is 30.5 Å². The van der Waals surface area contributed by atoms with Crippen LogP contribution in [0.5, 0.6) is 0 Å². The number of carbonyl (C=O) groups excluding carboxylic acids is 1. The third-order valence-corrected chi connectivity index (χ3v) is 4.56. The van der Waals surface area contributed by atoms with Crippen LogP contribution in [0.25, 0.3) is 0 Å². The lowest BCUT2D eigenvalue weighted by Gasteiger charge is -2.31. The van der Waals surface area contributed by atoms with E-state index in [0.29, 0.717) is 42.6 Å². The highest BCUT2D eigenvalue weighted by molar-refractivity contribution is 6.34. The Hall–Kier alpha value is -2.09. The summed E-state index contributed by atoms with van der Waals surface area (Å²) in [6.45, 7) is 1.43. The lowest BCUT2D eigenvalue weighted by Crippen LogP contribution is -2.43. The molecule has 2 heterocycles. The monoisotopic (exact) mass is 397 g/mol. The maximum atomic E-state index is 12.4. The minimum Gasteiger partial charge on any atom is -0.476 e. The summed E-state index contributed by atoms with van der Waals surface area (Å²) in [6, 6.07) is 6.25. The van der Waals surface area contributed by atoms with Crippen molar-refractivity contribution >= 4 is 35.2 Å². The summed E-state index contributed by atoms with van der Waals surface area (Å²) in [6.07, 6.45) is 2.77. The average molecular weight is 398 g/mol. The predicted molar refractivity (Wildman–Crippen MR) is 95.8 cm³/mol. The quantitative estimate of drug-likeness (QED) is 0.852. The zero-order valence-electron chi connectivity index (χ0n) is 13.8. The molecule has 0 atom stereocenters. The van der Waals surface area contributed by atoms with Crippen molar-refractivity contribution in [2.24, 2.45) is 0 Å². The topological polar surface area (TPSA) is 84.7 Å². The van der Waals surface area contributed by atoms with Gasteiger partial charge in [-0.3, -0.25) is 0 Å². The van der Waals surface area contributed by atoms with Crippen LogP contribution in [0.2, 0.25) is 10.0 Å². The van der Waals surface area contributed by atoms with E-state index in [1.54, 1.807) is 11.0 Å². The molecular weight excluding hydrogens is 381 g/mol. The molecule has 9 heteroatoms. The Balaban J connectivity index is 1.50. The van der Waals surface area contributed by atoms with Crippen molar-refractivity contribution < 1.29 is 19.4 Å². The second-order valence-corrected chi connectivity index (χ2v) is 6.88. The number of hydrogen-bond donors (Lipinski definition) is 1. The van der Waals surface area contributed by atoms with Crippen molar-refractivity contribution in [2.75, 3.05) is 13.1 Å². The van der Waals surface area contributed by atoms with E-state index in [1.807, 2.05) is 12.1 Å². The number of nitrogens with zero attached hydrogens (tertiary/aromatic N) is 3. The number of piperidine rings is 1. The molecule has 7 nitrogen and oxygen atoms in total. The number of hydrogen-bond acceptors (Lipinski definition) is 4. The minimum atomic E-state index is -1.16. The Kier molecular flexibility index (Phi) is 5.80. The van der Waals surface area contributed by atoms with Crippen molar-refractivity contribution in [3.63, 3.8) is 0 Å². The van der Waals surface area contributed by atoms with Crippen LogP contribution in [0.4, 0.5) is 4.79 Å². The number of carbonyl (C=O) groups is 2. The van der Waals surface area contributed by atoms with E-state index >= 15 is 0 Å². The van der Waals surface area contributed by atoms with Gasteiger partial charge in [0.15, 0.2) is 5.69 Å². The standard InChI is InChI=1S/C17H17Cl2N3O4/c18-12-7-11(8-13(19)9-12)10-26-14-1-4-21(5-2-14)17(25)22-6-3-15(20-22)16(23)24/h3,6-9,14H,1-2,4-5,10H2,(H,23,24). The summed E-state index contributed by atoms with van der Waals surface area (Å²) in [5, 5.41) is 13.8. The SMILES string of the molecule is O=C(O)c1ccn(C(=O)N2CCC(OCc3cc(Cl)cc(Cl)c3)CC2)n1. The van der Waals surface area contributed by atoms with Crippen LogP contribution in [0.1, 0.15) is 28.9 Å². The summed E-state index contributed by atoms with van der Waals surface area (Å²) in [4.78, 5) is 24.8. The molecule has 138 valence electrons.